The third-order valence-electron chi connectivity index (χ3n) is 11.9. The summed E-state index contributed by atoms with van der Waals surface area (Å²) in [6, 6.07) is 38.5. The molecule has 0 spiro atoms. The lowest BCUT2D eigenvalue weighted by Gasteiger charge is -2.20. The summed E-state index contributed by atoms with van der Waals surface area (Å²) in [4.78, 5) is 0. The predicted octanol–water partition coefficient (Wildman–Crippen LogP) is -1.59. The van der Waals surface area contributed by atoms with Gasteiger partial charge in [-0.25, -0.2) is 0 Å². The van der Waals surface area contributed by atoms with E-state index in [9.17, 15) is 0 Å². The predicted molar refractivity (Wildman–Crippen MR) is 276 cm³/mol. The first kappa shape index (κ1) is 40.2. The van der Waals surface area contributed by atoms with Crippen molar-refractivity contribution in [3.63, 3.8) is 0 Å². The zero-order valence-corrected chi connectivity index (χ0v) is 33.4. The molecule has 0 saturated heterocycles. The topological polar surface area (TPSA) is 9.86 Å². The molecule has 0 N–H and O–H groups in total. The van der Waals surface area contributed by atoms with Crippen LogP contribution >= 0.6 is 0 Å². The van der Waals surface area contributed by atoms with Gasteiger partial charge < -0.3 is 9.13 Å². The van der Waals surface area contributed by atoms with Crippen LogP contribution in [0, 0.1) is 0 Å². The van der Waals surface area contributed by atoms with Crippen molar-refractivity contribution in [1.82, 2.24) is 9.13 Å². The summed E-state index contributed by atoms with van der Waals surface area (Å²) in [5.41, 5.74) is 12.3. The van der Waals surface area contributed by atoms with Gasteiger partial charge >= 0.3 is 0 Å². The van der Waals surface area contributed by atoms with Crippen LogP contribution in [-0.2, 0) is 0 Å². The van der Waals surface area contributed by atoms with Gasteiger partial charge in [-0.1, -0.05) is 152 Å². The summed E-state index contributed by atoms with van der Waals surface area (Å²) in [5, 5.41) is 2.10. The molecule has 62 heavy (non-hydrogen) atoms. The lowest BCUT2D eigenvalue weighted by molar-refractivity contribution is 1.19. The van der Waals surface area contributed by atoms with E-state index in [2.05, 4.69) is 42.5 Å². The zero-order valence-electron chi connectivity index (χ0n) is 33.4. The fourth-order valence-corrected chi connectivity index (χ4v) is 9.13. The van der Waals surface area contributed by atoms with E-state index in [1.165, 1.54) is 0 Å². The molecule has 10 aromatic rings. The number of nitrogens with zero attached hydrogens (tertiary/aromatic N) is 2. The van der Waals surface area contributed by atoms with Crippen molar-refractivity contribution in [3.8, 4) is 44.8 Å². The molecule has 0 aliphatic heterocycles. The van der Waals surface area contributed by atoms with Crippen LogP contribution < -0.4 is 65.6 Å². The van der Waals surface area contributed by atoms with E-state index in [1.54, 1.807) is 42.5 Å². The average molecular weight is 754 g/mol. The van der Waals surface area contributed by atoms with Crippen molar-refractivity contribution in [1.29, 1.82) is 0 Å². The minimum atomic E-state index is 0.261. The zero-order chi connectivity index (χ0) is 43.5. The first-order valence-electron chi connectivity index (χ1n) is 19.7. The maximum Gasteiger partial charge on any atom is 0.116 e. The lowest BCUT2D eigenvalue weighted by Crippen LogP contribution is -2.32. The number of hydrogen-bond donors (Lipinski definition) is 0. The molecule has 0 bridgehead atoms. The highest BCUT2D eigenvalue weighted by molar-refractivity contribution is 6.62. The summed E-state index contributed by atoms with van der Waals surface area (Å²) in [5.74, 6) is 0. The number of aromatic nitrogens is 2. The quantitative estimate of drug-likeness (QED) is 0.188. The summed E-state index contributed by atoms with van der Waals surface area (Å²) in [6.45, 7) is 0. The van der Waals surface area contributed by atoms with Crippen molar-refractivity contribution < 1.29 is 0 Å². The molecule has 24 radical (unpaired) electrons. The van der Waals surface area contributed by atoms with Crippen LogP contribution in [0.3, 0.4) is 0 Å². The number of hydrogen-bond acceptors (Lipinski definition) is 0. The lowest BCUT2D eigenvalue weighted by atomic mass is 9.70. The van der Waals surface area contributed by atoms with Crippen LogP contribution in [0.15, 0.2) is 121 Å². The number of rotatable bonds is 5. The van der Waals surface area contributed by atoms with E-state index in [0.717, 1.165) is 27.9 Å². The van der Waals surface area contributed by atoms with Crippen molar-refractivity contribution in [2.75, 3.05) is 0 Å². The van der Waals surface area contributed by atoms with Crippen molar-refractivity contribution >= 4 is 203 Å². The molecule has 0 aliphatic rings. The van der Waals surface area contributed by atoms with E-state index in [4.69, 9.17) is 94.2 Å². The molecule has 258 valence electrons. The minimum absolute atomic E-state index is 0.261. The second-order valence-corrected chi connectivity index (χ2v) is 15.7. The Bertz CT molecular complexity index is 3480. The highest BCUT2D eigenvalue weighted by Crippen LogP contribution is 2.36. The highest BCUT2D eigenvalue weighted by Gasteiger charge is 2.26. The van der Waals surface area contributed by atoms with Crippen LogP contribution in [-0.4, -0.2) is 103 Å². The van der Waals surface area contributed by atoms with Crippen molar-refractivity contribution in [2.45, 2.75) is 0 Å². The molecule has 2 heterocycles. The Morgan fingerprint density at radius 2 is 0.758 bits per heavy atom. The van der Waals surface area contributed by atoms with Crippen LogP contribution in [0.2, 0.25) is 0 Å². The van der Waals surface area contributed by atoms with Gasteiger partial charge in [0.2, 0.25) is 0 Å². The maximum atomic E-state index is 7.37. The maximum absolute atomic E-state index is 7.37. The largest absolute Gasteiger partial charge is 0.311 e. The normalized spacial score (nSPS) is 11.7. The van der Waals surface area contributed by atoms with Crippen molar-refractivity contribution in [3.05, 3.63) is 121 Å². The number of benzene rings is 8. The Morgan fingerprint density at radius 1 is 0.290 bits per heavy atom. The molecule has 2 aromatic heterocycles. The summed E-state index contributed by atoms with van der Waals surface area (Å²) >= 11 is 0. The minimum Gasteiger partial charge on any atom is -0.311 e. The molecule has 10 rings (SSSR count). The van der Waals surface area contributed by atoms with E-state index in [0.29, 0.717) is 104 Å². The molecule has 0 fully saturated rings. The molecule has 0 unspecified atom stereocenters. The molecule has 2 nitrogen and oxygen atoms in total. The van der Waals surface area contributed by atoms with Gasteiger partial charge in [0.05, 0.1) is 0 Å². The second-order valence-electron chi connectivity index (χ2n) is 15.7. The molecule has 0 aliphatic carbocycles. The van der Waals surface area contributed by atoms with Gasteiger partial charge in [-0.15, -0.1) is 10.9 Å². The van der Waals surface area contributed by atoms with Crippen molar-refractivity contribution in [2.24, 2.45) is 0 Å². The first-order valence-corrected chi connectivity index (χ1v) is 19.7. The Hall–Kier alpha value is -5.86. The van der Waals surface area contributed by atoms with E-state index < -0.39 is 0 Å². The standard InChI is InChI=1S/C48H20B12N2/c49-25-11-12-36(29(50)16-25)62-47-34(55)18-27(41(57)38(47)37-30(51)19-32(53)44(60)48(37)62)28-17-33(54)45-39(42(28)58)40-43(59)31(52)20-35(56)46(40)61(45)26-14-23(21-7-3-1-4-8-21)13-24(15-26)22-9-5-2-6-10-22/h1-20H. The molecule has 0 atom stereocenters. The monoisotopic (exact) mass is 756 g/mol. The molecule has 14 heteroatoms. The summed E-state index contributed by atoms with van der Waals surface area (Å²) < 4.78 is 3.81. The molecule has 0 saturated carbocycles. The Balaban J connectivity index is 1.32. The van der Waals surface area contributed by atoms with Gasteiger partial charge in [-0.05, 0) is 68.4 Å². The van der Waals surface area contributed by atoms with Crippen LogP contribution in [0.1, 0.15) is 0 Å². The highest BCUT2D eigenvalue weighted by atomic mass is 15.0. The molecule has 8 aromatic carbocycles. The van der Waals surface area contributed by atoms with Gasteiger partial charge in [0.15, 0.2) is 0 Å². The van der Waals surface area contributed by atoms with Gasteiger partial charge in [0, 0.05) is 44.2 Å². The smallest absolute Gasteiger partial charge is 0.116 e. The van der Waals surface area contributed by atoms with Crippen LogP contribution in [0.25, 0.3) is 88.4 Å². The fraction of sp³-hybridized carbons (Fsp3) is 0. The third-order valence-corrected chi connectivity index (χ3v) is 11.9. The van der Waals surface area contributed by atoms with Gasteiger partial charge in [0.25, 0.3) is 0 Å². The molecular weight excluding hydrogens is 734 g/mol. The van der Waals surface area contributed by atoms with E-state index in [1.807, 2.05) is 45.5 Å². The average Bonchev–Trinajstić information content (AvgIpc) is 3.82. The molecule has 0 amide bonds. The Labute approximate surface area is 376 Å². The van der Waals surface area contributed by atoms with E-state index in [-0.39, 0.29) is 21.9 Å². The summed E-state index contributed by atoms with van der Waals surface area (Å²) in [6.07, 6.45) is 0. The first-order chi connectivity index (χ1) is 29.7. The van der Waals surface area contributed by atoms with Crippen LogP contribution in [0.5, 0.6) is 0 Å². The van der Waals surface area contributed by atoms with Crippen LogP contribution in [0.4, 0.5) is 0 Å². The number of fused-ring (bicyclic) bond motifs is 6. The third kappa shape index (κ3) is 6.04. The molecular formula is C48H20B12N2. The Morgan fingerprint density at radius 3 is 1.31 bits per heavy atom. The van der Waals surface area contributed by atoms with Gasteiger partial charge in [-0.3, -0.25) is 0 Å². The summed E-state index contributed by atoms with van der Waals surface area (Å²) in [7, 11) is 81.9. The van der Waals surface area contributed by atoms with E-state index >= 15 is 0 Å². The van der Waals surface area contributed by atoms with Gasteiger partial charge in [0.1, 0.15) is 94.2 Å². The Kier molecular flexibility index (Phi) is 9.67. The van der Waals surface area contributed by atoms with Gasteiger partial charge in [-0.2, -0.15) is 0 Å². The SMILES string of the molecule is [B]c1ccc(-n2c3c([B])cc(-c4cc([B])c5c(c4[B])c4c([B])c([B])cc([B])c4n5-c4cc(-c5ccccc5)cc(-c5ccccc5)c4)c([B])c3c3c([B])cc([B])c([B])c32)c([B])c1. The fourth-order valence-electron chi connectivity index (χ4n) is 9.13. The second kappa shape index (κ2) is 14.9.